The second-order valence-corrected chi connectivity index (χ2v) is 8.58. The van der Waals surface area contributed by atoms with E-state index in [0.717, 1.165) is 62.8 Å². The van der Waals surface area contributed by atoms with Crippen molar-refractivity contribution < 1.29 is 4.79 Å². The lowest BCUT2D eigenvalue weighted by Gasteiger charge is -2.57. The van der Waals surface area contributed by atoms with E-state index in [1.54, 1.807) is 0 Å². The van der Waals surface area contributed by atoms with E-state index in [1.807, 2.05) is 0 Å². The van der Waals surface area contributed by atoms with Crippen LogP contribution in [-0.4, -0.2) is 28.4 Å². The minimum Gasteiger partial charge on any atom is -0.392 e. The standard InChI is InChI=1S/C17H26N2OS/c18-15(21)14-3-1-2-4-19(14)16(20)17-8-11-5-12(9-17)7-13(6-11)10-17/h11-14H,1-10H2,(H2,18,21). The SMILES string of the molecule is NC(=S)C1CCCCN1C(=O)C12CC3CC(CC(C3)C1)C2. The van der Waals surface area contributed by atoms with Crippen LogP contribution in [0.4, 0.5) is 0 Å². The van der Waals surface area contributed by atoms with Crippen molar-refractivity contribution in [2.24, 2.45) is 28.9 Å². The predicted octanol–water partition coefficient (Wildman–Crippen LogP) is 2.87. The summed E-state index contributed by atoms with van der Waals surface area (Å²) in [7, 11) is 0. The van der Waals surface area contributed by atoms with Crippen molar-refractivity contribution in [3.05, 3.63) is 0 Å². The molecule has 1 heterocycles. The summed E-state index contributed by atoms with van der Waals surface area (Å²) in [4.78, 5) is 16.0. The van der Waals surface area contributed by atoms with Crippen LogP contribution in [0.1, 0.15) is 57.8 Å². The van der Waals surface area contributed by atoms with Crippen LogP contribution in [0.2, 0.25) is 0 Å². The summed E-state index contributed by atoms with van der Waals surface area (Å²) >= 11 is 5.24. The van der Waals surface area contributed by atoms with Gasteiger partial charge >= 0.3 is 0 Å². The third-order valence-corrected chi connectivity index (χ3v) is 6.86. The van der Waals surface area contributed by atoms with Crippen molar-refractivity contribution in [1.82, 2.24) is 4.90 Å². The zero-order valence-corrected chi connectivity index (χ0v) is 13.5. The van der Waals surface area contributed by atoms with Gasteiger partial charge in [0.15, 0.2) is 0 Å². The maximum atomic E-state index is 13.4. The number of nitrogens with zero attached hydrogens (tertiary/aromatic N) is 1. The first-order valence-electron chi connectivity index (χ1n) is 8.68. The summed E-state index contributed by atoms with van der Waals surface area (Å²) in [5.41, 5.74) is 5.88. The lowest BCUT2D eigenvalue weighted by atomic mass is 9.49. The molecule has 1 saturated heterocycles. The Bertz CT molecular complexity index is 440. The van der Waals surface area contributed by atoms with Crippen molar-refractivity contribution >= 4 is 23.1 Å². The van der Waals surface area contributed by atoms with Gasteiger partial charge in [0.25, 0.3) is 0 Å². The maximum absolute atomic E-state index is 13.4. The molecule has 4 aliphatic carbocycles. The quantitative estimate of drug-likeness (QED) is 0.798. The van der Waals surface area contributed by atoms with Gasteiger partial charge in [-0.1, -0.05) is 12.2 Å². The highest BCUT2D eigenvalue weighted by Gasteiger charge is 2.56. The highest BCUT2D eigenvalue weighted by molar-refractivity contribution is 7.80. The molecule has 4 saturated carbocycles. The third kappa shape index (κ3) is 2.21. The summed E-state index contributed by atoms with van der Waals surface area (Å²) in [5.74, 6) is 2.84. The highest BCUT2D eigenvalue weighted by Crippen LogP contribution is 2.60. The van der Waals surface area contributed by atoms with Gasteiger partial charge in [0.1, 0.15) is 0 Å². The van der Waals surface area contributed by atoms with Crippen molar-refractivity contribution in [3.8, 4) is 0 Å². The highest BCUT2D eigenvalue weighted by atomic mass is 32.1. The van der Waals surface area contributed by atoms with E-state index < -0.39 is 0 Å². The number of amides is 1. The summed E-state index contributed by atoms with van der Waals surface area (Å²) in [6, 6.07) is 0.0225. The van der Waals surface area contributed by atoms with Crippen LogP contribution in [-0.2, 0) is 4.79 Å². The molecular weight excluding hydrogens is 280 g/mol. The van der Waals surface area contributed by atoms with Crippen molar-refractivity contribution in [3.63, 3.8) is 0 Å². The summed E-state index contributed by atoms with van der Waals surface area (Å²) in [6.45, 7) is 0.864. The molecule has 116 valence electrons. The molecule has 4 heteroatoms. The fraction of sp³-hybridized carbons (Fsp3) is 0.882. The Hall–Kier alpha value is -0.640. The zero-order valence-electron chi connectivity index (χ0n) is 12.7. The Labute approximate surface area is 132 Å². The fourth-order valence-electron chi connectivity index (χ4n) is 6.15. The summed E-state index contributed by atoms with van der Waals surface area (Å²) < 4.78 is 0. The van der Waals surface area contributed by atoms with Crippen LogP contribution in [0.25, 0.3) is 0 Å². The molecule has 0 radical (unpaired) electrons. The van der Waals surface area contributed by atoms with Gasteiger partial charge in [0, 0.05) is 6.54 Å². The molecular formula is C17H26N2OS. The number of carbonyl (C=O) groups excluding carboxylic acids is 1. The largest absolute Gasteiger partial charge is 0.392 e. The fourth-order valence-corrected chi connectivity index (χ4v) is 6.39. The van der Waals surface area contributed by atoms with Gasteiger partial charge in [-0.2, -0.15) is 0 Å². The zero-order chi connectivity index (χ0) is 14.6. The van der Waals surface area contributed by atoms with Crippen molar-refractivity contribution in [2.45, 2.75) is 63.8 Å². The molecule has 4 bridgehead atoms. The van der Waals surface area contributed by atoms with E-state index in [4.69, 9.17) is 18.0 Å². The van der Waals surface area contributed by atoms with E-state index in [0.29, 0.717) is 10.9 Å². The van der Waals surface area contributed by atoms with Gasteiger partial charge in [-0.25, -0.2) is 0 Å². The third-order valence-electron chi connectivity index (χ3n) is 6.58. The average Bonchev–Trinajstić information content (AvgIpc) is 2.45. The number of hydrogen-bond donors (Lipinski definition) is 1. The van der Waals surface area contributed by atoms with Crippen LogP contribution >= 0.6 is 12.2 Å². The number of nitrogens with two attached hydrogens (primary N) is 1. The van der Waals surface area contributed by atoms with Gasteiger partial charge in [0.05, 0.1) is 16.4 Å². The molecule has 5 aliphatic rings. The minimum absolute atomic E-state index is 0.0225. The molecule has 0 spiro atoms. The number of thiocarbonyl (C=S) groups is 1. The first-order chi connectivity index (χ1) is 10.1. The molecule has 21 heavy (non-hydrogen) atoms. The normalized spacial score (nSPS) is 44.9. The van der Waals surface area contributed by atoms with Crippen LogP contribution in [0, 0.1) is 23.2 Å². The Morgan fingerprint density at radius 2 is 1.62 bits per heavy atom. The molecule has 0 aromatic heterocycles. The molecule has 3 nitrogen and oxygen atoms in total. The van der Waals surface area contributed by atoms with Crippen LogP contribution < -0.4 is 5.73 Å². The number of hydrogen-bond acceptors (Lipinski definition) is 2. The van der Waals surface area contributed by atoms with E-state index in [-0.39, 0.29) is 11.5 Å². The van der Waals surface area contributed by atoms with Gasteiger partial charge < -0.3 is 10.6 Å². The first kappa shape index (κ1) is 14.0. The molecule has 1 unspecified atom stereocenters. The lowest BCUT2D eigenvalue weighted by Crippen LogP contribution is -2.59. The minimum atomic E-state index is -0.0465. The van der Waals surface area contributed by atoms with Gasteiger partial charge in [-0.3, -0.25) is 4.79 Å². The summed E-state index contributed by atoms with van der Waals surface area (Å²) in [6.07, 6.45) is 10.8. The average molecular weight is 306 g/mol. The van der Waals surface area contributed by atoms with E-state index in [9.17, 15) is 4.79 Å². The monoisotopic (exact) mass is 306 g/mol. The Balaban J connectivity index is 1.60. The number of carbonyl (C=O) groups is 1. The Morgan fingerprint density at radius 1 is 1.05 bits per heavy atom. The number of rotatable bonds is 2. The van der Waals surface area contributed by atoms with Crippen LogP contribution in [0.3, 0.4) is 0 Å². The Morgan fingerprint density at radius 3 is 2.14 bits per heavy atom. The molecule has 2 N–H and O–H groups in total. The van der Waals surface area contributed by atoms with Crippen molar-refractivity contribution in [2.75, 3.05) is 6.54 Å². The molecule has 5 rings (SSSR count). The van der Waals surface area contributed by atoms with E-state index in [1.165, 1.54) is 19.3 Å². The topological polar surface area (TPSA) is 46.3 Å². The first-order valence-corrected chi connectivity index (χ1v) is 9.09. The van der Waals surface area contributed by atoms with Gasteiger partial charge in [-0.15, -0.1) is 0 Å². The molecule has 1 atom stereocenters. The van der Waals surface area contributed by atoms with E-state index >= 15 is 0 Å². The molecule has 0 aromatic carbocycles. The Kier molecular flexibility index (Phi) is 3.29. The van der Waals surface area contributed by atoms with Gasteiger partial charge in [0.2, 0.25) is 5.91 Å². The van der Waals surface area contributed by atoms with Crippen LogP contribution in [0.15, 0.2) is 0 Å². The predicted molar refractivity (Wildman–Crippen MR) is 86.7 cm³/mol. The number of likely N-dealkylation sites (tertiary alicyclic amines) is 1. The second kappa shape index (κ2) is 4.94. The molecule has 1 amide bonds. The van der Waals surface area contributed by atoms with E-state index in [2.05, 4.69) is 4.90 Å². The number of piperidine rings is 1. The van der Waals surface area contributed by atoms with Crippen LogP contribution in [0.5, 0.6) is 0 Å². The summed E-state index contributed by atoms with van der Waals surface area (Å²) in [5, 5.41) is 0. The second-order valence-electron chi connectivity index (χ2n) is 8.11. The molecule has 5 fully saturated rings. The molecule has 1 aliphatic heterocycles. The smallest absolute Gasteiger partial charge is 0.229 e. The molecule has 0 aromatic rings. The van der Waals surface area contributed by atoms with Crippen molar-refractivity contribution in [1.29, 1.82) is 0 Å². The van der Waals surface area contributed by atoms with Gasteiger partial charge in [-0.05, 0) is 75.5 Å². The maximum Gasteiger partial charge on any atom is 0.229 e. The lowest BCUT2D eigenvalue weighted by molar-refractivity contribution is -0.159.